The summed E-state index contributed by atoms with van der Waals surface area (Å²) in [6.45, 7) is 1.44. The van der Waals surface area contributed by atoms with Crippen LogP contribution in [0.25, 0.3) is 0 Å². The molecule has 0 aromatic heterocycles. The normalized spacial score (nSPS) is 25.4. The molecule has 6 nitrogen and oxygen atoms in total. The molecule has 1 aromatic rings. The van der Waals surface area contributed by atoms with Gasteiger partial charge in [0.15, 0.2) is 0 Å². The minimum absolute atomic E-state index is 0.00292. The second-order valence-corrected chi connectivity index (χ2v) is 6.95. The van der Waals surface area contributed by atoms with Gasteiger partial charge in [0.2, 0.25) is 5.91 Å². The Balaban J connectivity index is 1.58. The molecule has 1 amide bonds. The molecule has 2 aliphatic rings. The van der Waals surface area contributed by atoms with Crippen LogP contribution in [-0.4, -0.2) is 72.7 Å². The lowest BCUT2D eigenvalue weighted by atomic mass is 10.1. The van der Waals surface area contributed by atoms with Crippen molar-refractivity contribution in [3.8, 4) is 0 Å². The monoisotopic (exact) mass is 368 g/mol. The molecular weight excluding hydrogens is 346 g/mol. The fourth-order valence-corrected chi connectivity index (χ4v) is 3.56. The van der Waals surface area contributed by atoms with Crippen LogP contribution in [0.3, 0.4) is 0 Å². The predicted molar refractivity (Wildman–Crippen MR) is 88.7 cm³/mol. The predicted octanol–water partition coefficient (Wildman–Crippen LogP) is 1.31. The van der Waals surface area contributed by atoms with Crippen molar-refractivity contribution in [1.82, 2.24) is 9.80 Å². The third-order valence-electron chi connectivity index (χ3n) is 4.85. The maximum atomic E-state index is 13.9. The van der Waals surface area contributed by atoms with Gasteiger partial charge in [-0.1, -0.05) is 6.07 Å². The average molecular weight is 368 g/mol. The molecular formula is C18H22F2N2O4. The van der Waals surface area contributed by atoms with Crippen molar-refractivity contribution in [2.75, 3.05) is 39.8 Å². The summed E-state index contributed by atoms with van der Waals surface area (Å²) >= 11 is 0. The van der Waals surface area contributed by atoms with Gasteiger partial charge in [-0.15, -0.1) is 0 Å². The van der Waals surface area contributed by atoms with Crippen LogP contribution >= 0.6 is 0 Å². The van der Waals surface area contributed by atoms with Crippen molar-refractivity contribution < 1.29 is 28.2 Å². The molecule has 0 bridgehead atoms. The molecule has 1 N–H and O–H groups in total. The van der Waals surface area contributed by atoms with E-state index in [0.29, 0.717) is 32.7 Å². The van der Waals surface area contributed by atoms with Gasteiger partial charge >= 0.3 is 5.97 Å². The number of ether oxygens (including phenoxy) is 1. The smallest absolute Gasteiger partial charge is 0.317 e. The van der Waals surface area contributed by atoms with Crippen molar-refractivity contribution >= 4 is 11.9 Å². The second kappa shape index (κ2) is 7.67. The second-order valence-electron chi connectivity index (χ2n) is 6.95. The van der Waals surface area contributed by atoms with Crippen molar-refractivity contribution in [3.63, 3.8) is 0 Å². The van der Waals surface area contributed by atoms with Gasteiger partial charge in [0, 0.05) is 37.0 Å². The van der Waals surface area contributed by atoms with E-state index in [9.17, 15) is 18.4 Å². The van der Waals surface area contributed by atoms with Gasteiger partial charge in [0.05, 0.1) is 19.3 Å². The summed E-state index contributed by atoms with van der Waals surface area (Å²) < 4.78 is 33.4. The first-order valence-corrected chi connectivity index (χ1v) is 8.61. The van der Waals surface area contributed by atoms with Crippen LogP contribution in [0.5, 0.6) is 0 Å². The van der Waals surface area contributed by atoms with E-state index < -0.39 is 29.4 Å². The number of benzene rings is 1. The number of halogens is 2. The third kappa shape index (κ3) is 4.19. The van der Waals surface area contributed by atoms with Crippen LogP contribution in [0.1, 0.15) is 17.9 Å². The van der Waals surface area contributed by atoms with Crippen LogP contribution in [0.2, 0.25) is 0 Å². The largest absolute Gasteiger partial charge is 0.480 e. The number of nitrogens with zero attached hydrogens (tertiary/aromatic N) is 2. The highest BCUT2D eigenvalue weighted by Crippen LogP contribution is 2.50. The molecule has 2 fully saturated rings. The minimum Gasteiger partial charge on any atom is -0.480 e. The number of aliphatic carboxylic acids is 1. The Hall–Kier alpha value is -2.06. The lowest BCUT2D eigenvalue weighted by Crippen LogP contribution is -2.50. The van der Waals surface area contributed by atoms with E-state index in [0.717, 1.165) is 0 Å². The molecule has 3 rings (SSSR count). The van der Waals surface area contributed by atoms with Crippen LogP contribution in [0.15, 0.2) is 18.2 Å². The number of carbonyl (C=O) groups excluding carboxylic acids is 1. The Morgan fingerprint density at radius 2 is 2.04 bits per heavy atom. The highest BCUT2D eigenvalue weighted by Gasteiger charge is 2.48. The Labute approximate surface area is 150 Å². The lowest BCUT2D eigenvalue weighted by molar-refractivity contribution is -0.143. The van der Waals surface area contributed by atoms with Crippen molar-refractivity contribution in [2.24, 2.45) is 5.92 Å². The number of hydrogen-bond donors (Lipinski definition) is 1. The minimum atomic E-state index is -0.927. The Morgan fingerprint density at radius 3 is 2.69 bits per heavy atom. The molecule has 1 aliphatic carbocycles. The average Bonchev–Trinajstić information content (AvgIpc) is 3.33. The summed E-state index contributed by atoms with van der Waals surface area (Å²) in [6.07, 6.45) is 0.164. The topological polar surface area (TPSA) is 70.1 Å². The molecule has 0 spiro atoms. The summed E-state index contributed by atoms with van der Waals surface area (Å²) in [5.74, 6) is -3.09. The van der Waals surface area contributed by atoms with E-state index in [1.54, 1.807) is 16.8 Å². The van der Waals surface area contributed by atoms with Gasteiger partial charge in [0.25, 0.3) is 0 Å². The highest BCUT2D eigenvalue weighted by atomic mass is 19.1. The summed E-state index contributed by atoms with van der Waals surface area (Å²) in [6, 6.07) is 3.73. The number of carboxylic acid groups (broad SMARTS) is 1. The molecule has 26 heavy (non-hydrogen) atoms. The van der Waals surface area contributed by atoms with Crippen molar-refractivity contribution in [1.29, 1.82) is 0 Å². The number of carbonyl (C=O) groups is 2. The number of likely N-dealkylation sites (N-methyl/N-ethyl adjacent to an activating group) is 1. The maximum Gasteiger partial charge on any atom is 0.317 e. The zero-order chi connectivity index (χ0) is 18.8. The molecule has 1 saturated carbocycles. The first-order valence-electron chi connectivity index (χ1n) is 8.61. The number of hydrogen-bond acceptors (Lipinski definition) is 4. The third-order valence-corrected chi connectivity index (χ3v) is 4.85. The fourth-order valence-electron chi connectivity index (χ4n) is 3.56. The van der Waals surface area contributed by atoms with Gasteiger partial charge < -0.3 is 14.7 Å². The highest BCUT2D eigenvalue weighted by molar-refractivity contribution is 5.83. The first-order chi connectivity index (χ1) is 12.4. The van der Waals surface area contributed by atoms with Gasteiger partial charge in [-0.3, -0.25) is 14.5 Å². The Kier molecular flexibility index (Phi) is 5.52. The number of rotatable bonds is 6. The van der Waals surface area contributed by atoms with E-state index in [4.69, 9.17) is 9.84 Å². The standard InChI is InChI=1S/C18H22F2N2O4/c1-21(10-16(23)24)8-11-9-22(5-6-26-11)18(25)13-7-12(13)17-14(19)3-2-4-15(17)20/h2-4,11-13H,5-10H2,1H3,(H,23,24). The fraction of sp³-hybridized carbons (Fsp3) is 0.556. The zero-order valence-electron chi connectivity index (χ0n) is 14.5. The van der Waals surface area contributed by atoms with Crippen LogP contribution in [-0.2, 0) is 14.3 Å². The van der Waals surface area contributed by atoms with E-state index in [1.807, 2.05) is 0 Å². The molecule has 1 aromatic carbocycles. The number of morpholine rings is 1. The molecule has 142 valence electrons. The van der Waals surface area contributed by atoms with Gasteiger partial charge in [-0.25, -0.2) is 8.78 Å². The molecule has 3 unspecified atom stereocenters. The summed E-state index contributed by atoms with van der Waals surface area (Å²) in [5, 5.41) is 8.81. The summed E-state index contributed by atoms with van der Waals surface area (Å²) in [4.78, 5) is 26.7. The lowest BCUT2D eigenvalue weighted by Gasteiger charge is -2.34. The summed E-state index contributed by atoms with van der Waals surface area (Å²) in [5.41, 5.74) is -0.00292. The van der Waals surface area contributed by atoms with Crippen LogP contribution in [0.4, 0.5) is 8.78 Å². The molecule has 8 heteroatoms. The first kappa shape index (κ1) is 18.7. The molecule has 0 radical (unpaired) electrons. The Morgan fingerprint density at radius 1 is 1.35 bits per heavy atom. The van der Waals surface area contributed by atoms with Crippen molar-refractivity contribution in [2.45, 2.75) is 18.4 Å². The summed E-state index contributed by atoms with van der Waals surface area (Å²) in [7, 11) is 1.68. The van der Waals surface area contributed by atoms with Crippen LogP contribution < -0.4 is 0 Å². The molecule has 1 saturated heterocycles. The zero-order valence-corrected chi connectivity index (χ0v) is 14.5. The SMILES string of the molecule is CN(CC(=O)O)CC1CN(C(=O)C2CC2c2c(F)cccc2F)CCO1. The number of carboxylic acids is 1. The van der Waals surface area contributed by atoms with E-state index in [1.165, 1.54) is 18.2 Å². The Bertz CT molecular complexity index is 680. The van der Waals surface area contributed by atoms with E-state index in [-0.39, 0.29) is 24.1 Å². The van der Waals surface area contributed by atoms with Gasteiger partial charge in [-0.2, -0.15) is 0 Å². The van der Waals surface area contributed by atoms with Gasteiger partial charge in [-0.05, 0) is 25.6 Å². The maximum absolute atomic E-state index is 13.9. The van der Waals surface area contributed by atoms with E-state index >= 15 is 0 Å². The van der Waals surface area contributed by atoms with E-state index in [2.05, 4.69) is 0 Å². The quantitative estimate of drug-likeness (QED) is 0.820. The molecule has 3 atom stereocenters. The molecule has 1 aliphatic heterocycles. The van der Waals surface area contributed by atoms with Gasteiger partial charge in [0.1, 0.15) is 11.6 Å². The van der Waals surface area contributed by atoms with Crippen LogP contribution in [0, 0.1) is 17.6 Å². The van der Waals surface area contributed by atoms with Crippen molar-refractivity contribution in [3.05, 3.63) is 35.4 Å². The molecule has 1 heterocycles. The number of amides is 1.